The van der Waals surface area contributed by atoms with E-state index in [0.29, 0.717) is 11.2 Å². The van der Waals surface area contributed by atoms with Gasteiger partial charge in [-0.2, -0.15) is 11.4 Å². The van der Waals surface area contributed by atoms with Crippen LogP contribution in [0.15, 0.2) is 42.5 Å². The molecule has 0 aliphatic heterocycles. The Morgan fingerprint density at radius 1 is 0.857 bits per heavy atom. The van der Waals surface area contributed by atoms with Crippen LogP contribution in [0.25, 0.3) is 0 Å². The number of hydrogen-bond acceptors (Lipinski definition) is 1. The summed E-state index contributed by atoms with van der Waals surface area (Å²) in [5, 5.41) is 4.04. The average Bonchev–Trinajstić information content (AvgIpc) is 3.53. The van der Waals surface area contributed by atoms with Crippen molar-refractivity contribution in [1.82, 2.24) is 4.90 Å². The van der Waals surface area contributed by atoms with Crippen LogP contribution < -0.4 is 10.6 Å². The zero-order chi connectivity index (χ0) is 24.7. The normalized spacial score (nSPS) is 19.7. The van der Waals surface area contributed by atoms with E-state index in [9.17, 15) is 0 Å². The molecule has 2 atom stereocenters. The Kier molecular flexibility index (Phi) is 13.3. The molecule has 2 saturated carbocycles. The molecule has 0 aromatic heterocycles. The van der Waals surface area contributed by atoms with Gasteiger partial charge in [0, 0.05) is 17.1 Å². The van der Waals surface area contributed by atoms with Crippen molar-refractivity contribution in [3.05, 3.63) is 48.0 Å². The molecule has 0 spiro atoms. The Morgan fingerprint density at radius 2 is 1.29 bits per heavy atom. The summed E-state index contributed by atoms with van der Waals surface area (Å²) in [6, 6.07) is 15.7. The minimum atomic E-state index is -0.163. The molecule has 2 aromatic carbocycles. The van der Waals surface area contributed by atoms with E-state index in [1.165, 1.54) is 64.2 Å². The van der Waals surface area contributed by atoms with Gasteiger partial charge >= 0.3 is 0 Å². The van der Waals surface area contributed by atoms with E-state index in [1.54, 1.807) is 5.56 Å². The zero-order valence-corrected chi connectivity index (χ0v) is 26.4. The molecule has 4 rings (SSSR count). The van der Waals surface area contributed by atoms with Gasteiger partial charge in [-0.3, -0.25) is 0 Å². The molecule has 2 unspecified atom stereocenters. The molecule has 2 fully saturated rings. The van der Waals surface area contributed by atoms with E-state index in [0.717, 1.165) is 11.3 Å². The third kappa shape index (κ3) is 8.52. The van der Waals surface area contributed by atoms with Gasteiger partial charge in [-0.05, 0) is 69.0 Å². The molecule has 0 heterocycles. The van der Waals surface area contributed by atoms with Crippen molar-refractivity contribution in [3.63, 3.8) is 0 Å². The molecule has 0 bridgehead atoms. The fourth-order valence-corrected chi connectivity index (χ4v) is 12.1. The fraction of sp³-hybridized carbons (Fsp3) is 0.677. The van der Waals surface area contributed by atoms with Crippen LogP contribution in [0.4, 0.5) is 0 Å². The van der Waals surface area contributed by atoms with Crippen LogP contribution in [0, 0.1) is 0 Å². The summed E-state index contributed by atoms with van der Waals surface area (Å²) in [6.45, 7) is 12.4. The minimum Gasteiger partial charge on any atom is -0.748 e. The van der Waals surface area contributed by atoms with Gasteiger partial charge in [0.25, 0.3) is 0 Å². The van der Waals surface area contributed by atoms with E-state index in [2.05, 4.69) is 65.5 Å². The van der Waals surface area contributed by atoms with Gasteiger partial charge in [-0.1, -0.05) is 74.1 Å². The van der Waals surface area contributed by atoms with Crippen molar-refractivity contribution in [1.29, 1.82) is 0 Å². The van der Waals surface area contributed by atoms with Gasteiger partial charge in [0.2, 0.25) is 0 Å². The van der Waals surface area contributed by atoms with Crippen molar-refractivity contribution in [3.8, 4) is 0 Å². The fourth-order valence-electron chi connectivity index (χ4n) is 5.73. The van der Waals surface area contributed by atoms with Gasteiger partial charge < -0.3 is 35.2 Å². The Balaban J connectivity index is 0.000000640. The second-order valence-corrected chi connectivity index (χ2v) is 17.5. The molecular formula is C31H51FeNP2-6. The minimum absolute atomic E-state index is 0. The number of rotatable bonds is 6. The van der Waals surface area contributed by atoms with Crippen LogP contribution in [0.2, 0.25) is 0 Å². The predicted molar refractivity (Wildman–Crippen MR) is 159 cm³/mol. The smallest absolute Gasteiger partial charge is 0 e. The van der Waals surface area contributed by atoms with Crippen molar-refractivity contribution < 1.29 is 17.1 Å². The molecule has 0 N–H and O–H groups in total. The predicted octanol–water partition coefficient (Wildman–Crippen LogP) is 8.74. The summed E-state index contributed by atoms with van der Waals surface area (Å²) in [5.74, 6) is 0. The standard InChI is InChI=1S/C26H46NP2.C5H5.Fe/c1-20(27(5)6)23-18-19-24(25(23)28(7)26(2,3)4)29(21-14-10-8-11-15-21)22-16-12-9-13-17-22;1-2-4-5-3-1;/h18-22H,8-17H2,1-7H3;1-5H;/q-1;-5;. The maximum Gasteiger partial charge on any atom is 0 e. The molecule has 1 nitrogen and oxygen atoms in total. The topological polar surface area (TPSA) is 3.24 Å². The molecule has 0 amide bonds. The van der Waals surface area contributed by atoms with Gasteiger partial charge in [-0.15, -0.1) is 18.8 Å². The summed E-state index contributed by atoms with van der Waals surface area (Å²) in [6.07, 6.45) is 14.9. The van der Waals surface area contributed by atoms with Crippen molar-refractivity contribution >= 4 is 26.5 Å². The van der Waals surface area contributed by atoms with Gasteiger partial charge in [-0.25, -0.2) is 6.07 Å². The SMILES string of the molecule is CC([c-]1ccc(P(C2CCCCC2)C2CCCCC2)c1P(C)C(C)(C)C)N(C)C.[Fe].[cH-]1[cH-][cH-][cH-][cH-]1. The first kappa shape index (κ1) is 31.3. The molecule has 2 aromatic rings. The summed E-state index contributed by atoms with van der Waals surface area (Å²) < 4.78 is 0. The maximum atomic E-state index is 2.63. The third-order valence-corrected chi connectivity index (χ3v) is 15.2. The molecule has 0 saturated heterocycles. The summed E-state index contributed by atoms with van der Waals surface area (Å²) in [4.78, 5) is 2.41. The van der Waals surface area contributed by atoms with Crippen molar-refractivity contribution in [2.75, 3.05) is 20.8 Å². The van der Waals surface area contributed by atoms with Crippen LogP contribution in [-0.2, 0) is 17.1 Å². The maximum absolute atomic E-state index is 2.63. The van der Waals surface area contributed by atoms with E-state index in [1.807, 2.05) is 40.9 Å². The molecule has 2 aliphatic carbocycles. The quantitative estimate of drug-likeness (QED) is 0.196. The van der Waals surface area contributed by atoms with Crippen LogP contribution >= 0.6 is 15.8 Å². The first-order chi connectivity index (χ1) is 16.2. The van der Waals surface area contributed by atoms with Crippen molar-refractivity contribution in [2.24, 2.45) is 0 Å². The molecule has 2 aliphatic rings. The van der Waals surface area contributed by atoms with Gasteiger partial charge in [0.05, 0.1) is 0 Å². The largest absolute Gasteiger partial charge is 0.748 e. The van der Waals surface area contributed by atoms with Gasteiger partial charge in [0.15, 0.2) is 0 Å². The average molecular weight is 556 g/mol. The number of hydrogen-bond donors (Lipinski definition) is 0. The summed E-state index contributed by atoms with van der Waals surface area (Å²) in [7, 11) is 4.32. The Hall–Kier alpha value is 0.0395. The monoisotopic (exact) mass is 555 g/mol. The second-order valence-electron chi connectivity index (χ2n) is 11.8. The molecule has 35 heavy (non-hydrogen) atoms. The first-order valence-electron chi connectivity index (χ1n) is 13.9. The van der Waals surface area contributed by atoms with Crippen LogP contribution in [0.1, 0.15) is 104 Å². The van der Waals surface area contributed by atoms with Crippen LogP contribution in [0.3, 0.4) is 0 Å². The van der Waals surface area contributed by atoms with Crippen LogP contribution in [0.5, 0.6) is 0 Å². The van der Waals surface area contributed by atoms with E-state index in [-0.39, 0.29) is 32.9 Å². The summed E-state index contributed by atoms with van der Waals surface area (Å²) in [5.41, 5.74) is 3.63. The second kappa shape index (κ2) is 14.8. The van der Waals surface area contributed by atoms with E-state index in [4.69, 9.17) is 0 Å². The third-order valence-electron chi connectivity index (χ3n) is 8.27. The summed E-state index contributed by atoms with van der Waals surface area (Å²) >= 11 is 0. The van der Waals surface area contributed by atoms with Crippen LogP contribution in [-0.4, -0.2) is 42.1 Å². The zero-order valence-electron chi connectivity index (χ0n) is 23.5. The Morgan fingerprint density at radius 3 is 1.66 bits per heavy atom. The Bertz CT molecular complexity index is 772. The molecular weight excluding hydrogens is 504 g/mol. The molecule has 4 heteroatoms. The number of nitrogens with zero attached hydrogens (tertiary/aromatic N) is 1. The molecule has 204 valence electrons. The first-order valence-corrected chi connectivity index (χ1v) is 17.1. The van der Waals surface area contributed by atoms with Crippen molar-refractivity contribution in [2.45, 2.75) is 114 Å². The van der Waals surface area contributed by atoms with E-state index >= 15 is 0 Å². The van der Waals surface area contributed by atoms with Gasteiger partial charge in [0.1, 0.15) is 0 Å². The Labute approximate surface area is 230 Å². The molecule has 0 radical (unpaired) electrons. The van der Waals surface area contributed by atoms with E-state index < -0.39 is 0 Å².